The number of esters is 1. The Labute approximate surface area is 215 Å². The molecule has 4 aromatic rings. The molecular weight excluding hydrogens is 469 g/mol. The van der Waals surface area contributed by atoms with Gasteiger partial charge in [0.25, 0.3) is 5.91 Å². The van der Waals surface area contributed by atoms with Gasteiger partial charge in [0.2, 0.25) is 5.88 Å². The number of amides is 1. The Morgan fingerprint density at radius 3 is 2.54 bits per heavy atom. The molecule has 0 saturated carbocycles. The minimum absolute atomic E-state index is 0.0954. The molecule has 1 saturated heterocycles. The lowest BCUT2D eigenvalue weighted by Gasteiger charge is -2.17. The van der Waals surface area contributed by atoms with Gasteiger partial charge in [0.15, 0.2) is 0 Å². The minimum atomic E-state index is -0.358. The van der Waals surface area contributed by atoms with Crippen LogP contribution in [-0.4, -0.2) is 39.8 Å². The zero-order valence-electron chi connectivity index (χ0n) is 20.7. The van der Waals surface area contributed by atoms with Gasteiger partial charge in [0, 0.05) is 36.6 Å². The van der Waals surface area contributed by atoms with E-state index in [0.29, 0.717) is 41.8 Å². The van der Waals surface area contributed by atoms with Crippen molar-refractivity contribution in [3.63, 3.8) is 0 Å². The molecule has 1 aliphatic heterocycles. The Balaban J connectivity index is 1.42. The van der Waals surface area contributed by atoms with Gasteiger partial charge in [0.1, 0.15) is 11.5 Å². The van der Waals surface area contributed by atoms with E-state index in [1.54, 1.807) is 30.3 Å². The SMILES string of the molecule is CCCCC(=O)Oc1nc2cc(C(=O)N3CC[C@@H](c4ccc(F)cc4)C3)ccc2nc1-c1ccccc1. The monoisotopic (exact) mass is 497 g/mol. The molecule has 3 aromatic carbocycles. The molecule has 37 heavy (non-hydrogen) atoms. The molecule has 0 unspecified atom stereocenters. The van der Waals surface area contributed by atoms with Crippen LogP contribution in [-0.2, 0) is 4.79 Å². The van der Waals surface area contributed by atoms with E-state index in [1.165, 1.54) is 12.1 Å². The number of carbonyl (C=O) groups excluding carboxylic acids is 2. The maximum absolute atomic E-state index is 13.3. The van der Waals surface area contributed by atoms with Crippen molar-refractivity contribution >= 4 is 22.9 Å². The highest BCUT2D eigenvalue weighted by atomic mass is 19.1. The van der Waals surface area contributed by atoms with Gasteiger partial charge in [0.05, 0.1) is 11.0 Å². The quantitative estimate of drug-likeness (QED) is 0.286. The summed E-state index contributed by atoms with van der Waals surface area (Å²) in [5.74, 6) is -0.405. The lowest BCUT2D eigenvalue weighted by molar-refractivity contribution is -0.134. The summed E-state index contributed by atoms with van der Waals surface area (Å²) in [7, 11) is 0. The van der Waals surface area contributed by atoms with Crippen molar-refractivity contribution < 1.29 is 18.7 Å². The van der Waals surface area contributed by atoms with Crippen LogP contribution in [0, 0.1) is 5.82 Å². The number of ether oxygens (including phenoxy) is 1. The molecule has 1 amide bonds. The van der Waals surface area contributed by atoms with Crippen LogP contribution in [0.1, 0.15) is 54.4 Å². The summed E-state index contributed by atoms with van der Waals surface area (Å²) >= 11 is 0. The summed E-state index contributed by atoms with van der Waals surface area (Å²) < 4.78 is 18.9. The molecule has 0 bridgehead atoms. The molecule has 188 valence electrons. The smallest absolute Gasteiger partial charge is 0.312 e. The Kier molecular flexibility index (Phi) is 7.21. The van der Waals surface area contributed by atoms with Crippen molar-refractivity contribution in [3.8, 4) is 17.1 Å². The molecular formula is C30H28FN3O3. The van der Waals surface area contributed by atoms with Crippen molar-refractivity contribution in [1.29, 1.82) is 0 Å². The first kappa shape index (κ1) is 24.6. The van der Waals surface area contributed by atoms with Gasteiger partial charge in [-0.05, 0) is 48.7 Å². The van der Waals surface area contributed by atoms with Crippen LogP contribution >= 0.6 is 0 Å². The molecule has 1 fully saturated rings. The van der Waals surface area contributed by atoms with Crippen LogP contribution in [0.15, 0.2) is 72.8 Å². The van der Waals surface area contributed by atoms with E-state index < -0.39 is 0 Å². The summed E-state index contributed by atoms with van der Waals surface area (Å²) in [5, 5.41) is 0. The van der Waals surface area contributed by atoms with E-state index in [0.717, 1.165) is 30.4 Å². The minimum Gasteiger partial charge on any atom is -0.405 e. The fraction of sp³-hybridized carbons (Fsp3) is 0.267. The highest BCUT2D eigenvalue weighted by Gasteiger charge is 2.28. The van der Waals surface area contributed by atoms with Gasteiger partial charge in [-0.2, -0.15) is 0 Å². The summed E-state index contributed by atoms with van der Waals surface area (Å²) in [6.45, 7) is 3.21. The van der Waals surface area contributed by atoms with E-state index in [-0.39, 0.29) is 29.5 Å². The second kappa shape index (κ2) is 10.9. The standard InChI is InChI=1S/C30H28FN3O3/c1-2-3-9-27(35)37-29-28(21-7-5-4-6-8-21)32-25-15-12-22(18-26(25)33-29)30(36)34-17-16-23(19-34)20-10-13-24(31)14-11-20/h4-8,10-15,18,23H,2-3,9,16-17,19H2,1H3/t23-/m1/s1. The predicted octanol–water partition coefficient (Wildman–Crippen LogP) is 6.16. The van der Waals surface area contributed by atoms with Crippen molar-refractivity contribution in [2.45, 2.75) is 38.5 Å². The highest BCUT2D eigenvalue weighted by molar-refractivity contribution is 5.98. The average Bonchev–Trinajstić information content (AvgIpc) is 3.42. The largest absolute Gasteiger partial charge is 0.405 e. The highest BCUT2D eigenvalue weighted by Crippen LogP contribution is 2.31. The van der Waals surface area contributed by atoms with Crippen LogP contribution < -0.4 is 4.74 Å². The number of benzene rings is 3. The number of unbranched alkanes of at least 4 members (excludes halogenated alkanes) is 1. The zero-order valence-corrected chi connectivity index (χ0v) is 20.7. The van der Waals surface area contributed by atoms with Crippen molar-refractivity contribution in [1.82, 2.24) is 14.9 Å². The van der Waals surface area contributed by atoms with Crippen molar-refractivity contribution in [2.75, 3.05) is 13.1 Å². The number of carbonyl (C=O) groups is 2. The molecule has 0 radical (unpaired) electrons. The average molecular weight is 498 g/mol. The molecule has 5 rings (SSSR count). The third kappa shape index (κ3) is 5.50. The third-order valence-electron chi connectivity index (χ3n) is 6.69. The van der Waals surface area contributed by atoms with Gasteiger partial charge >= 0.3 is 5.97 Å². The van der Waals surface area contributed by atoms with E-state index >= 15 is 0 Å². The molecule has 1 aromatic heterocycles. The molecule has 7 heteroatoms. The molecule has 6 nitrogen and oxygen atoms in total. The summed E-state index contributed by atoms with van der Waals surface area (Å²) in [6.07, 6.45) is 2.73. The second-order valence-electron chi connectivity index (χ2n) is 9.31. The number of fused-ring (bicyclic) bond motifs is 1. The lowest BCUT2D eigenvalue weighted by Crippen LogP contribution is -2.28. The van der Waals surface area contributed by atoms with E-state index in [2.05, 4.69) is 4.98 Å². The first-order valence-corrected chi connectivity index (χ1v) is 12.6. The van der Waals surface area contributed by atoms with E-state index in [1.807, 2.05) is 42.2 Å². The topological polar surface area (TPSA) is 72.4 Å². The van der Waals surface area contributed by atoms with Gasteiger partial charge in [-0.3, -0.25) is 9.59 Å². The van der Waals surface area contributed by atoms with Gasteiger partial charge in [-0.1, -0.05) is 55.8 Å². The molecule has 0 aliphatic carbocycles. The van der Waals surface area contributed by atoms with Gasteiger partial charge in [-0.25, -0.2) is 14.4 Å². The fourth-order valence-corrected chi connectivity index (χ4v) is 4.64. The van der Waals surface area contributed by atoms with Gasteiger partial charge < -0.3 is 9.64 Å². The number of likely N-dealkylation sites (tertiary alicyclic amines) is 1. The summed E-state index contributed by atoms with van der Waals surface area (Å²) in [4.78, 5) is 36.9. The number of hydrogen-bond acceptors (Lipinski definition) is 5. The fourth-order valence-electron chi connectivity index (χ4n) is 4.64. The lowest BCUT2D eigenvalue weighted by atomic mass is 9.98. The third-order valence-corrected chi connectivity index (χ3v) is 6.69. The number of nitrogens with zero attached hydrogens (tertiary/aromatic N) is 3. The van der Waals surface area contributed by atoms with Crippen molar-refractivity contribution in [3.05, 3.63) is 89.7 Å². The molecule has 0 N–H and O–H groups in total. The number of halogens is 1. The normalized spacial score (nSPS) is 15.2. The Morgan fingerprint density at radius 2 is 1.78 bits per heavy atom. The number of hydrogen-bond donors (Lipinski definition) is 0. The zero-order chi connectivity index (χ0) is 25.8. The molecule has 1 aliphatic rings. The van der Waals surface area contributed by atoms with Crippen molar-refractivity contribution in [2.24, 2.45) is 0 Å². The number of rotatable bonds is 7. The molecule has 1 atom stereocenters. The Hall–Kier alpha value is -4.13. The van der Waals surface area contributed by atoms with Crippen LogP contribution in [0.25, 0.3) is 22.3 Å². The summed E-state index contributed by atoms with van der Waals surface area (Å²) in [6, 6.07) is 21.2. The maximum atomic E-state index is 13.3. The molecule has 0 spiro atoms. The maximum Gasteiger partial charge on any atom is 0.312 e. The second-order valence-corrected chi connectivity index (χ2v) is 9.31. The van der Waals surface area contributed by atoms with Crippen LogP contribution in [0.4, 0.5) is 4.39 Å². The Bertz CT molecular complexity index is 1420. The van der Waals surface area contributed by atoms with E-state index in [9.17, 15) is 14.0 Å². The van der Waals surface area contributed by atoms with E-state index in [4.69, 9.17) is 9.72 Å². The van der Waals surface area contributed by atoms with Gasteiger partial charge in [-0.15, -0.1) is 0 Å². The first-order chi connectivity index (χ1) is 18.0. The van der Waals surface area contributed by atoms with Crippen LogP contribution in [0.2, 0.25) is 0 Å². The van der Waals surface area contributed by atoms with Crippen LogP contribution in [0.3, 0.4) is 0 Å². The molecule has 2 heterocycles. The van der Waals surface area contributed by atoms with Crippen LogP contribution in [0.5, 0.6) is 5.88 Å². The Morgan fingerprint density at radius 1 is 1.00 bits per heavy atom. The predicted molar refractivity (Wildman–Crippen MR) is 140 cm³/mol. The summed E-state index contributed by atoms with van der Waals surface area (Å²) in [5.41, 5.74) is 3.90. The first-order valence-electron chi connectivity index (χ1n) is 12.6. The number of aromatic nitrogens is 2.